The second kappa shape index (κ2) is 3.30. The van der Waals surface area contributed by atoms with Crippen LogP contribution in [-0.2, 0) is 9.59 Å². The molecule has 82 valence electrons. The number of amides is 3. The van der Waals surface area contributed by atoms with E-state index in [1.807, 2.05) is 11.9 Å². The van der Waals surface area contributed by atoms with Gasteiger partial charge in [0.1, 0.15) is 11.8 Å². The number of rotatable bonds is 2. The lowest BCUT2D eigenvalue weighted by atomic mass is 9.97. The summed E-state index contributed by atoms with van der Waals surface area (Å²) >= 11 is 0. The average Bonchev–Trinajstić information content (AvgIpc) is 2.65. The quantitative estimate of drug-likeness (QED) is 0.460. The lowest BCUT2D eigenvalue weighted by Crippen LogP contribution is -2.52. The summed E-state index contributed by atoms with van der Waals surface area (Å²) in [5, 5.41) is 2.27. The van der Waals surface area contributed by atoms with Gasteiger partial charge in [-0.2, -0.15) is 0 Å². The molecule has 2 fully saturated rings. The molecule has 15 heavy (non-hydrogen) atoms. The molecule has 0 aromatic rings. The Hall–Kier alpha value is -1.43. The van der Waals surface area contributed by atoms with Crippen LogP contribution in [-0.4, -0.2) is 60.2 Å². The summed E-state index contributed by atoms with van der Waals surface area (Å²) in [4.78, 5) is 37.0. The van der Waals surface area contributed by atoms with Gasteiger partial charge in [0.05, 0.1) is 6.54 Å². The number of aldehydes is 1. The lowest BCUT2D eigenvalue weighted by molar-refractivity contribution is -0.126. The van der Waals surface area contributed by atoms with Gasteiger partial charge in [-0.1, -0.05) is 0 Å². The molecule has 3 amide bonds. The third kappa shape index (κ3) is 1.32. The molecular formula is C9H13N3O3. The minimum absolute atomic E-state index is 0.0224. The molecule has 1 atom stereocenters. The number of likely N-dealkylation sites (tertiary alicyclic amines) is 1. The fourth-order valence-electron chi connectivity index (χ4n) is 2.32. The molecule has 0 saturated carbocycles. The van der Waals surface area contributed by atoms with Crippen LogP contribution >= 0.6 is 0 Å². The first-order valence-electron chi connectivity index (χ1n) is 4.85. The smallest absolute Gasteiger partial charge is 0.303 e. The predicted octanol–water partition coefficient (Wildman–Crippen LogP) is -1.19. The second-order valence-corrected chi connectivity index (χ2v) is 4.06. The van der Waals surface area contributed by atoms with Crippen molar-refractivity contribution >= 4 is 18.2 Å². The molecule has 1 N–H and O–H groups in total. The van der Waals surface area contributed by atoms with E-state index in [0.29, 0.717) is 19.3 Å². The molecule has 0 aliphatic carbocycles. The summed E-state index contributed by atoms with van der Waals surface area (Å²) in [6, 6.07) is -0.456. The highest BCUT2D eigenvalue weighted by atomic mass is 16.2. The second-order valence-electron chi connectivity index (χ2n) is 4.06. The highest BCUT2D eigenvalue weighted by Crippen LogP contribution is 2.30. The van der Waals surface area contributed by atoms with Gasteiger partial charge in [0, 0.05) is 13.1 Å². The van der Waals surface area contributed by atoms with E-state index in [1.54, 1.807) is 0 Å². The van der Waals surface area contributed by atoms with Gasteiger partial charge in [-0.05, 0) is 13.5 Å². The van der Waals surface area contributed by atoms with Gasteiger partial charge in [0.25, 0.3) is 5.91 Å². The fourth-order valence-corrected chi connectivity index (χ4v) is 2.32. The summed E-state index contributed by atoms with van der Waals surface area (Å²) in [6.07, 6.45) is 1.24. The third-order valence-corrected chi connectivity index (χ3v) is 3.10. The number of nitrogens with one attached hydrogen (secondary N) is 1. The van der Waals surface area contributed by atoms with Crippen LogP contribution in [0.1, 0.15) is 6.42 Å². The van der Waals surface area contributed by atoms with Crippen LogP contribution in [0.5, 0.6) is 0 Å². The normalized spacial score (nSPS) is 31.4. The zero-order chi connectivity index (χ0) is 11.1. The SMILES string of the molecule is CN1CCC2(C1)C(=O)NC(=O)N2CC=O. The number of urea groups is 1. The lowest BCUT2D eigenvalue weighted by Gasteiger charge is -2.29. The maximum absolute atomic E-state index is 11.7. The van der Waals surface area contributed by atoms with Crippen LogP contribution in [0.15, 0.2) is 0 Å². The number of imide groups is 1. The van der Waals surface area contributed by atoms with Gasteiger partial charge in [-0.25, -0.2) is 4.79 Å². The van der Waals surface area contributed by atoms with Crippen LogP contribution in [0, 0.1) is 0 Å². The van der Waals surface area contributed by atoms with E-state index in [4.69, 9.17) is 0 Å². The van der Waals surface area contributed by atoms with E-state index in [2.05, 4.69) is 5.32 Å². The number of hydrogen-bond donors (Lipinski definition) is 1. The minimum atomic E-state index is -0.813. The number of nitrogens with zero attached hydrogens (tertiary/aromatic N) is 2. The van der Waals surface area contributed by atoms with Crippen LogP contribution in [0.25, 0.3) is 0 Å². The van der Waals surface area contributed by atoms with Crippen molar-refractivity contribution < 1.29 is 14.4 Å². The number of carbonyl (C=O) groups is 3. The van der Waals surface area contributed by atoms with Gasteiger partial charge >= 0.3 is 6.03 Å². The molecule has 1 spiro atoms. The average molecular weight is 211 g/mol. The zero-order valence-electron chi connectivity index (χ0n) is 8.52. The molecule has 2 aliphatic rings. The Balaban J connectivity index is 2.30. The van der Waals surface area contributed by atoms with E-state index >= 15 is 0 Å². The van der Waals surface area contributed by atoms with Crippen molar-refractivity contribution in [2.75, 3.05) is 26.7 Å². The first kappa shape index (κ1) is 10.1. The van der Waals surface area contributed by atoms with Gasteiger partial charge in [-0.15, -0.1) is 0 Å². The van der Waals surface area contributed by atoms with Gasteiger partial charge in [-0.3, -0.25) is 10.1 Å². The van der Waals surface area contributed by atoms with Crippen molar-refractivity contribution in [3.05, 3.63) is 0 Å². The Kier molecular flexibility index (Phi) is 2.22. The summed E-state index contributed by atoms with van der Waals surface area (Å²) in [5.41, 5.74) is -0.813. The molecule has 2 rings (SSSR count). The highest BCUT2D eigenvalue weighted by molar-refractivity contribution is 6.08. The maximum atomic E-state index is 11.7. The zero-order valence-corrected chi connectivity index (χ0v) is 8.52. The van der Waals surface area contributed by atoms with Crippen molar-refractivity contribution in [2.24, 2.45) is 0 Å². The van der Waals surface area contributed by atoms with E-state index < -0.39 is 11.6 Å². The Morgan fingerprint density at radius 3 is 2.80 bits per heavy atom. The van der Waals surface area contributed by atoms with Crippen LogP contribution in [0.2, 0.25) is 0 Å². The van der Waals surface area contributed by atoms with Crippen molar-refractivity contribution in [1.82, 2.24) is 15.1 Å². The third-order valence-electron chi connectivity index (χ3n) is 3.10. The molecule has 0 aromatic heterocycles. The maximum Gasteiger partial charge on any atom is 0.325 e. The van der Waals surface area contributed by atoms with Crippen LogP contribution in [0.3, 0.4) is 0 Å². The predicted molar refractivity (Wildman–Crippen MR) is 51.2 cm³/mol. The van der Waals surface area contributed by atoms with E-state index in [-0.39, 0.29) is 12.5 Å². The standard InChI is InChI=1S/C9H13N3O3/c1-11-3-2-9(6-11)7(14)10-8(15)12(9)4-5-13/h5H,2-4,6H2,1H3,(H,10,14,15). The summed E-state index contributed by atoms with van der Waals surface area (Å²) < 4.78 is 0. The largest absolute Gasteiger partial charge is 0.325 e. The molecule has 0 aromatic carbocycles. The molecule has 2 saturated heterocycles. The Bertz CT molecular complexity index is 331. The van der Waals surface area contributed by atoms with E-state index in [9.17, 15) is 14.4 Å². The monoisotopic (exact) mass is 211 g/mol. The summed E-state index contributed by atoms with van der Waals surface area (Å²) in [6.45, 7) is 1.24. The molecule has 0 radical (unpaired) electrons. The molecule has 2 aliphatic heterocycles. The number of likely N-dealkylation sites (N-methyl/N-ethyl adjacent to an activating group) is 1. The van der Waals surface area contributed by atoms with Crippen molar-refractivity contribution in [1.29, 1.82) is 0 Å². The van der Waals surface area contributed by atoms with Crippen molar-refractivity contribution in [3.63, 3.8) is 0 Å². The summed E-state index contributed by atoms with van der Waals surface area (Å²) in [7, 11) is 1.89. The van der Waals surface area contributed by atoms with Crippen molar-refractivity contribution in [3.8, 4) is 0 Å². The Morgan fingerprint density at radius 2 is 2.27 bits per heavy atom. The molecule has 1 unspecified atom stereocenters. The van der Waals surface area contributed by atoms with Gasteiger partial charge < -0.3 is 14.6 Å². The van der Waals surface area contributed by atoms with Gasteiger partial charge in [0.2, 0.25) is 0 Å². The Labute approximate surface area is 87.2 Å². The topological polar surface area (TPSA) is 69.7 Å². The molecule has 2 heterocycles. The van der Waals surface area contributed by atoms with Crippen LogP contribution in [0.4, 0.5) is 4.79 Å². The highest BCUT2D eigenvalue weighted by Gasteiger charge is 2.55. The fraction of sp³-hybridized carbons (Fsp3) is 0.667. The van der Waals surface area contributed by atoms with Crippen LogP contribution < -0.4 is 5.32 Å². The minimum Gasteiger partial charge on any atom is -0.303 e. The molecule has 6 nitrogen and oxygen atoms in total. The van der Waals surface area contributed by atoms with Crippen molar-refractivity contribution in [2.45, 2.75) is 12.0 Å². The molecule has 0 bridgehead atoms. The first-order chi connectivity index (χ1) is 7.10. The Morgan fingerprint density at radius 1 is 1.53 bits per heavy atom. The van der Waals surface area contributed by atoms with E-state index in [0.717, 1.165) is 6.54 Å². The molecule has 6 heteroatoms. The number of carbonyl (C=O) groups excluding carboxylic acids is 3. The van der Waals surface area contributed by atoms with Gasteiger partial charge in [0.15, 0.2) is 0 Å². The van der Waals surface area contributed by atoms with E-state index in [1.165, 1.54) is 4.90 Å². The first-order valence-corrected chi connectivity index (χ1v) is 4.85. The summed E-state index contributed by atoms with van der Waals surface area (Å²) in [5.74, 6) is -0.279. The number of hydrogen-bond acceptors (Lipinski definition) is 4. The molecular weight excluding hydrogens is 198 g/mol.